The van der Waals surface area contributed by atoms with Crippen molar-refractivity contribution in [3.05, 3.63) is 72.3 Å². The van der Waals surface area contributed by atoms with Crippen LogP contribution < -0.4 is 4.43 Å². The van der Waals surface area contributed by atoms with Crippen molar-refractivity contribution in [1.82, 2.24) is 9.80 Å². The molecule has 198 valence electrons. The van der Waals surface area contributed by atoms with Crippen LogP contribution in [-0.4, -0.2) is 64.5 Å². The highest BCUT2D eigenvalue weighted by Crippen LogP contribution is 2.39. The fraction of sp³-hybridized carbons (Fsp3) is 0.517. The highest BCUT2D eigenvalue weighted by Gasteiger charge is 2.39. The number of nitrogens with zero attached hydrogens (tertiary/aromatic N) is 2. The molecule has 0 spiro atoms. The van der Waals surface area contributed by atoms with Crippen LogP contribution in [0.5, 0.6) is 5.75 Å². The lowest BCUT2D eigenvalue weighted by Gasteiger charge is -2.47. The van der Waals surface area contributed by atoms with Gasteiger partial charge in [-0.25, -0.2) is 8.42 Å². The van der Waals surface area contributed by atoms with Crippen molar-refractivity contribution in [1.29, 1.82) is 0 Å². The Kier molecular flexibility index (Phi) is 8.60. The summed E-state index contributed by atoms with van der Waals surface area (Å²) in [6.07, 6.45) is 3.23. The van der Waals surface area contributed by atoms with E-state index in [1.165, 1.54) is 6.26 Å². The Labute approximate surface area is 220 Å². The van der Waals surface area contributed by atoms with Gasteiger partial charge in [-0.05, 0) is 67.4 Å². The van der Waals surface area contributed by atoms with Gasteiger partial charge in [-0.15, -0.1) is 6.58 Å². The number of piperazine rings is 1. The van der Waals surface area contributed by atoms with Gasteiger partial charge in [0.15, 0.2) is 9.84 Å². The van der Waals surface area contributed by atoms with Crippen molar-refractivity contribution >= 4 is 18.2 Å². The molecule has 1 saturated heterocycles. The molecule has 1 unspecified atom stereocenters. The molecule has 1 aliphatic heterocycles. The van der Waals surface area contributed by atoms with E-state index in [1.54, 1.807) is 12.1 Å². The fourth-order valence-corrected chi connectivity index (χ4v) is 6.33. The lowest BCUT2D eigenvalue weighted by atomic mass is 9.93. The highest BCUT2D eigenvalue weighted by molar-refractivity contribution is 7.90. The molecule has 0 aromatic heterocycles. The van der Waals surface area contributed by atoms with E-state index in [2.05, 4.69) is 88.4 Å². The summed E-state index contributed by atoms with van der Waals surface area (Å²) in [5, 5.41) is 0.106. The van der Waals surface area contributed by atoms with Gasteiger partial charge in [0.05, 0.1) is 10.9 Å². The standard InChI is InChI=1S/C29H44N2O3SSi/c1-10-18-30-20-23(3)31(21-22(30)2)28(24-14-16-27(17-15-24)35(7,32)33)25-12-11-13-26(19-25)34-36(8,9)29(4,5)6/h10-17,19,22-23,28H,1,18,20-21H2,2-9H3/t22-,23+,28?/m0/s1. The van der Waals surface area contributed by atoms with E-state index in [-0.39, 0.29) is 11.1 Å². The Hall–Kier alpha value is -1.93. The molecule has 2 aromatic rings. The van der Waals surface area contributed by atoms with Gasteiger partial charge in [-0.2, -0.15) is 0 Å². The minimum Gasteiger partial charge on any atom is -0.543 e. The molecule has 7 heteroatoms. The number of benzene rings is 2. The minimum absolute atomic E-state index is 0.00935. The van der Waals surface area contributed by atoms with Gasteiger partial charge in [-0.1, -0.05) is 51.1 Å². The number of hydrogen-bond donors (Lipinski definition) is 0. The van der Waals surface area contributed by atoms with Crippen LogP contribution in [0.3, 0.4) is 0 Å². The molecule has 0 aliphatic carbocycles. The normalized spacial score (nSPS) is 21.2. The lowest BCUT2D eigenvalue weighted by molar-refractivity contribution is 0.0306. The summed E-state index contributed by atoms with van der Waals surface area (Å²) in [7, 11) is -5.24. The highest BCUT2D eigenvalue weighted by atomic mass is 32.2. The van der Waals surface area contributed by atoms with Crippen LogP contribution >= 0.6 is 0 Å². The summed E-state index contributed by atoms with van der Waals surface area (Å²) < 4.78 is 30.9. The monoisotopic (exact) mass is 528 g/mol. The van der Waals surface area contributed by atoms with Gasteiger partial charge < -0.3 is 4.43 Å². The molecule has 1 fully saturated rings. The van der Waals surface area contributed by atoms with Crippen LogP contribution in [0.15, 0.2) is 66.1 Å². The fourth-order valence-electron chi connectivity index (χ4n) is 4.67. The largest absolute Gasteiger partial charge is 0.543 e. The van der Waals surface area contributed by atoms with Crippen LogP contribution in [0.2, 0.25) is 18.1 Å². The number of sulfone groups is 1. The molecule has 36 heavy (non-hydrogen) atoms. The Morgan fingerprint density at radius 3 is 2.25 bits per heavy atom. The molecule has 0 radical (unpaired) electrons. The summed E-state index contributed by atoms with van der Waals surface area (Å²) in [5.74, 6) is 0.905. The Morgan fingerprint density at radius 1 is 1.06 bits per heavy atom. The summed E-state index contributed by atoms with van der Waals surface area (Å²) in [5.41, 5.74) is 2.25. The van der Waals surface area contributed by atoms with E-state index in [4.69, 9.17) is 4.43 Å². The first-order valence-corrected chi connectivity index (χ1v) is 17.6. The van der Waals surface area contributed by atoms with Crippen LogP contribution in [0, 0.1) is 0 Å². The van der Waals surface area contributed by atoms with Crippen molar-refractivity contribution in [3.8, 4) is 5.75 Å². The van der Waals surface area contributed by atoms with Crippen molar-refractivity contribution in [2.75, 3.05) is 25.9 Å². The van der Waals surface area contributed by atoms with Gasteiger partial charge >= 0.3 is 0 Å². The summed E-state index contributed by atoms with van der Waals surface area (Å²) in [4.78, 5) is 5.36. The van der Waals surface area contributed by atoms with E-state index in [9.17, 15) is 8.42 Å². The molecule has 5 nitrogen and oxygen atoms in total. The molecular formula is C29H44N2O3SSi. The molecule has 0 amide bonds. The first-order chi connectivity index (χ1) is 16.6. The zero-order chi connectivity index (χ0) is 26.9. The van der Waals surface area contributed by atoms with Crippen LogP contribution in [-0.2, 0) is 9.84 Å². The average Bonchev–Trinajstić information content (AvgIpc) is 2.76. The van der Waals surface area contributed by atoms with E-state index in [1.807, 2.05) is 18.2 Å². The zero-order valence-corrected chi connectivity index (χ0v) is 25.1. The molecule has 1 aliphatic rings. The van der Waals surface area contributed by atoms with Crippen LogP contribution in [0.25, 0.3) is 0 Å². The third-order valence-corrected chi connectivity index (χ3v) is 13.3. The zero-order valence-electron chi connectivity index (χ0n) is 23.3. The van der Waals surface area contributed by atoms with Gasteiger partial charge in [-0.3, -0.25) is 9.80 Å². The summed E-state index contributed by atoms with van der Waals surface area (Å²) >= 11 is 0. The van der Waals surface area contributed by atoms with Gasteiger partial charge in [0.25, 0.3) is 0 Å². The maximum absolute atomic E-state index is 12.1. The molecule has 0 N–H and O–H groups in total. The van der Waals surface area contributed by atoms with E-state index in [0.29, 0.717) is 17.0 Å². The molecular weight excluding hydrogens is 484 g/mol. The lowest BCUT2D eigenvalue weighted by Crippen LogP contribution is -2.57. The second kappa shape index (κ2) is 10.8. The predicted octanol–water partition coefficient (Wildman–Crippen LogP) is 6.14. The molecule has 3 atom stereocenters. The smallest absolute Gasteiger partial charge is 0.250 e. The third kappa shape index (κ3) is 6.49. The maximum Gasteiger partial charge on any atom is 0.250 e. The second-order valence-corrected chi connectivity index (χ2v) is 18.6. The number of hydrogen-bond acceptors (Lipinski definition) is 5. The van der Waals surface area contributed by atoms with E-state index >= 15 is 0 Å². The van der Waals surface area contributed by atoms with E-state index in [0.717, 1.165) is 36.5 Å². The van der Waals surface area contributed by atoms with Gasteiger partial charge in [0.1, 0.15) is 5.75 Å². The topological polar surface area (TPSA) is 49.9 Å². The Bertz CT molecular complexity index is 1160. The van der Waals surface area contributed by atoms with Gasteiger partial charge in [0.2, 0.25) is 8.32 Å². The summed E-state index contributed by atoms with van der Waals surface area (Å²) in [6, 6.07) is 16.6. The third-order valence-electron chi connectivity index (χ3n) is 7.84. The molecule has 2 aromatic carbocycles. The first-order valence-electron chi connectivity index (χ1n) is 12.8. The summed E-state index contributed by atoms with van der Waals surface area (Å²) in [6.45, 7) is 22.5. The predicted molar refractivity (Wildman–Crippen MR) is 153 cm³/mol. The Morgan fingerprint density at radius 2 is 1.69 bits per heavy atom. The van der Waals surface area contributed by atoms with Crippen molar-refractivity contribution < 1.29 is 12.8 Å². The SMILES string of the molecule is C=CCN1C[C@@H](C)N(C(c2ccc(S(C)(=O)=O)cc2)c2cccc(O[Si](C)(C)C(C)(C)C)c2)C[C@@H]1C. The quantitative estimate of drug-likeness (QED) is 0.304. The first kappa shape index (κ1) is 28.6. The van der Waals surface area contributed by atoms with E-state index < -0.39 is 18.2 Å². The maximum atomic E-state index is 12.1. The average molecular weight is 529 g/mol. The van der Waals surface area contributed by atoms with Crippen molar-refractivity contribution in [2.24, 2.45) is 0 Å². The Balaban J connectivity index is 2.05. The van der Waals surface area contributed by atoms with Crippen LogP contribution in [0.1, 0.15) is 51.8 Å². The molecule has 0 bridgehead atoms. The molecule has 0 saturated carbocycles. The minimum atomic E-state index is -3.25. The second-order valence-electron chi connectivity index (χ2n) is 11.8. The molecule has 3 rings (SSSR count). The number of rotatable bonds is 8. The molecule has 1 heterocycles. The van der Waals surface area contributed by atoms with Gasteiger partial charge in [0, 0.05) is 38.0 Å². The van der Waals surface area contributed by atoms with Crippen LogP contribution in [0.4, 0.5) is 0 Å². The van der Waals surface area contributed by atoms with Crippen molar-refractivity contribution in [3.63, 3.8) is 0 Å². The van der Waals surface area contributed by atoms with Crippen molar-refractivity contribution in [2.45, 2.75) is 75.8 Å².